The highest BCUT2D eigenvalue weighted by Crippen LogP contribution is 2.25. The van der Waals surface area contributed by atoms with Gasteiger partial charge >= 0.3 is 0 Å². The summed E-state index contributed by atoms with van der Waals surface area (Å²) in [6, 6.07) is 7.36. The third-order valence-electron chi connectivity index (χ3n) is 5.27. The number of hydrogen-bond donors (Lipinski definition) is 2. The number of nitrogens with zero attached hydrogens (tertiary/aromatic N) is 5. The number of carbonyl (C=O) groups is 1. The molecule has 0 saturated carbocycles. The Morgan fingerprint density at radius 1 is 1.29 bits per heavy atom. The molecule has 1 fully saturated rings. The monoisotopic (exact) mass is 416 g/mol. The fraction of sp³-hybridized carbons (Fsp3) is 0.304. The summed E-state index contributed by atoms with van der Waals surface area (Å²) in [7, 11) is 5.62. The largest absolute Gasteiger partial charge is 0.382 e. The first-order valence-electron chi connectivity index (χ1n) is 9.93. The van der Waals surface area contributed by atoms with Crippen LogP contribution in [0.5, 0.6) is 0 Å². The van der Waals surface area contributed by atoms with E-state index in [1.165, 1.54) is 4.90 Å². The number of aromatic nitrogens is 3. The lowest BCUT2D eigenvalue weighted by molar-refractivity contribution is -0.137. The van der Waals surface area contributed by atoms with Gasteiger partial charge in [-0.25, -0.2) is 15.0 Å². The number of nitrogens with two attached hydrogens (primary N) is 1. The van der Waals surface area contributed by atoms with Gasteiger partial charge in [0.2, 0.25) is 5.60 Å². The lowest BCUT2D eigenvalue weighted by atomic mass is 10.0. The van der Waals surface area contributed by atoms with Gasteiger partial charge in [0.15, 0.2) is 5.82 Å². The molecule has 4 rings (SSSR count). The van der Waals surface area contributed by atoms with E-state index in [9.17, 15) is 9.90 Å². The molecule has 8 heteroatoms. The van der Waals surface area contributed by atoms with Crippen LogP contribution in [0.25, 0.3) is 22.3 Å². The number of aliphatic hydroxyl groups is 1. The minimum absolute atomic E-state index is 0.296. The highest BCUT2D eigenvalue weighted by Gasteiger charge is 2.42. The second-order valence-electron chi connectivity index (χ2n) is 8.03. The molecule has 0 unspecified atom stereocenters. The second-order valence-corrected chi connectivity index (χ2v) is 8.03. The number of pyridine rings is 1. The molecule has 3 aromatic rings. The van der Waals surface area contributed by atoms with Crippen LogP contribution in [-0.2, 0) is 11.3 Å². The molecular formula is C23H24N6O2. The molecule has 1 saturated heterocycles. The molecule has 1 aromatic carbocycles. The first-order chi connectivity index (χ1) is 14.8. The van der Waals surface area contributed by atoms with Gasteiger partial charge in [0.1, 0.15) is 11.3 Å². The highest BCUT2D eigenvalue weighted by atomic mass is 16.3. The van der Waals surface area contributed by atoms with Gasteiger partial charge in [-0.2, -0.15) is 0 Å². The second kappa shape index (κ2) is 7.95. The molecular weight excluding hydrogens is 392 g/mol. The van der Waals surface area contributed by atoms with Crippen molar-refractivity contribution in [1.82, 2.24) is 24.8 Å². The maximum Gasteiger partial charge on any atom is 0.267 e. The van der Waals surface area contributed by atoms with Gasteiger partial charge in [0, 0.05) is 55.5 Å². The normalized spacial score (nSPS) is 18.5. The topological polar surface area (TPSA) is 108 Å². The summed E-state index contributed by atoms with van der Waals surface area (Å²) < 4.78 is 0. The van der Waals surface area contributed by atoms with Crippen LogP contribution >= 0.6 is 0 Å². The van der Waals surface area contributed by atoms with E-state index < -0.39 is 5.60 Å². The number of nitrogen functional groups attached to an aromatic ring is 1. The van der Waals surface area contributed by atoms with E-state index in [-0.39, 0.29) is 5.91 Å². The van der Waals surface area contributed by atoms with Crippen LogP contribution in [0.3, 0.4) is 0 Å². The van der Waals surface area contributed by atoms with Crippen molar-refractivity contribution < 1.29 is 9.90 Å². The van der Waals surface area contributed by atoms with Gasteiger partial charge in [-0.05, 0) is 31.8 Å². The van der Waals surface area contributed by atoms with Crippen LogP contribution in [-0.4, -0.2) is 69.1 Å². The molecule has 0 aliphatic carbocycles. The van der Waals surface area contributed by atoms with Crippen molar-refractivity contribution in [3.05, 3.63) is 47.8 Å². The summed E-state index contributed by atoms with van der Waals surface area (Å²) in [4.78, 5) is 29.1. The third-order valence-corrected chi connectivity index (χ3v) is 5.27. The van der Waals surface area contributed by atoms with E-state index in [0.717, 1.165) is 16.5 Å². The van der Waals surface area contributed by atoms with Crippen molar-refractivity contribution in [2.75, 3.05) is 33.4 Å². The molecule has 1 atom stereocenters. The number of rotatable bonds is 3. The number of likely N-dealkylation sites (N-methyl/N-ethyl adjacent to an activating group) is 1. The van der Waals surface area contributed by atoms with Gasteiger partial charge in [-0.15, -0.1) is 0 Å². The molecule has 8 nitrogen and oxygen atoms in total. The summed E-state index contributed by atoms with van der Waals surface area (Å²) in [5, 5.41) is 11.4. The van der Waals surface area contributed by atoms with Gasteiger partial charge < -0.3 is 20.6 Å². The summed E-state index contributed by atoms with van der Waals surface area (Å²) in [5.41, 5.74) is 7.48. The molecule has 0 bridgehead atoms. The number of hydrogen-bond acceptors (Lipinski definition) is 7. The van der Waals surface area contributed by atoms with Crippen LogP contribution in [0.2, 0.25) is 0 Å². The molecule has 3 N–H and O–H groups in total. The quantitative estimate of drug-likeness (QED) is 0.619. The molecule has 3 heterocycles. The molecule has 0 spiro atoms. The van der Waals surface area contributed by atoms with E-state index in [0.29, 0.717) is 42.2 Å². The SMILES string of the molecule is CN(C)Cc1cnc(N)c2nc(-c3cccc(C#C[C@]4(O)CCN(C)C4=O)c3)ncc12. The Kier molecular flexibility index (Phi) is 5.31. The van der Waals surface area contributed by atoms with Crippen LogP contribution < -0.4 is 5.73 Å². The van der Waals surface area contributed by atoms with E-state index in [2.05, 4.69) is 26.8 Å². The van der Waals surface area contributed by atoms with E-state index in [1.807, 2.05) is 43.3 Å². The van der Waals surface area contributed by atoms with E-state index >= 15 is 0 Å². The smallest absolute Gasteiger partial charge is 0.267 e. The van der Waals surface area contributed by atoms with E-state index in [4.69, 9.17) is 5.73 Å². The summed E-state index contributed by atoms with van der Waals surface area (Å²) in [5.74, 6) is 6.14. The summed E-state index contributed by atoms with van der Waals surface area (Å²) >= 11 is 0. The van der Waals surface area contributed by atoms with Gasteiger partial charge in [0.05, 0.1) is 0 Å². The lowest BCUT2D eigenvalue weighted by Crippen LogP contribution is -2.37. The molecule has 1 amide bonds. The van der Waals surface area contributed by atoms with Crippen molar-refractivity contribution in [1.29, 1.82) is 0 Å². The number of fused-ring (bicyclic) bond motifs is 1. The molecule has 1 aliphatic rings. The minimum Gasteiger partial charge on any atom is -0.382 e. The van der Waals surface area contributed by atoms with Crippen molar-refractivity contribution in [2.24, 2.45) is 0 Å². The van der Waals surface area contributed by atoms with Crippen LogP contribution in [0.4, 0.5) is 5.82 Å². The maximum atomic E-state index is 12.1. The Bertz CT molecular complexity index is 1230. The van der Waals surface area contributed by atoms with Crippen LogP contribution in [0, 0.1) is 11.8 Å². The fourth-order valence-corrected chi connectivity index (χ4v) is 3.58. The molecule has 31 heavy (non-hydrogen) atoms. The molecule has 0 radical (unpaired) electrons. The van der Waals surface area contributed by atoms with Crippen LogP contribution in [0.1, 0.15) is 17.5 Å². The number of carbonyl (C=O) groups excluding carboxylic acids is 1. The Balaban J connectivity index is 1.69. The van der Waals surface area contributed by atoms with Crippen molar-refractivity contribution in [3.8, 4) is 23.2 Å². The Morgan fingerprint density at radius 2 is 2.10 bits per heavy atom. The first kappa shape index (κ1) is 20.7. The zero-order chi connectivity index (χ0) is 22.2. The maximum absolute atomic E-state index is 12.1. The van der Waals surface area contributed by atoms with Gasteiger partial charge in [-0.1, -0.05) is 24.0 Å². The summed E-state index contributed by atoms with van der Waals surface area (Å²) in [6.45, 7) is 1.19. The standard InChI is InChI=1S/C23H24N6O2/c1-28(2)14-17-12-25-20(24)19-18(17)13-26-21(27-19)16-6-4-5-15(11-16)7-8-23(31)9-10-29(3)22(23)30/h4-6,11-13,31H,9-10,14H2,1-3H3,(H2,24,25)/t23-/m0/s1. The van der Waals surface area contributed by atoms with Crippen LogP contribution in [0.15, 0.2) is 36.7 Å². The summed E-state index contributed by atoms with van der Waals surface area (Å²) in [6.07, 6.45) is 3.82. The molecule has 1 aliphatic heterocycles. The number of likely N-dealkylation sites (tertiary alicyclic amines) is 1. The lowest BCUT2D eigenvalue weighted by Gasteiger charge is -2.13. The molecule has 158 valence electrons. The zero-order valence-electron chi connectivity index (χ0n) is 17.8. The third kappa shape index (κ3) is 4.06. The van der Waals surface area contributed by atoms with Gasteiger partial charge in [0.25, 0.3) is 5.91 Å². The number of benzene rings is 1. The Hall–Kier alpha value is -3.54. The fourth-order valence-electron chi connectivity index (χ4n) is 3.58. The average Bonchev–Trinajstić information content (AvgIpc) is 3.02. The predicted molar refractivity (Wildman–Crippen MR) is 119 cm³/mol. The zero-order valence-corrected chi connectivity index (χ0v) is 17.8. The average molecular weight is 416 g/mol. The Morgan fingerprint density at radius 3 is 2.81 bits per heavy atom. The Labute approximate surface area is 180 Å². The van der Waals surface area contributed by atoms with E-state index in [1.54, 1.807) is 19.4 Å². The molecule has 2 aromatic heterocycles. The van der Waals surface area contributed by atoms with Crippen molar-refractivity contribution >= 4 is 22.6 Å². The minimum atomic E-state index is -1.63. The van der Waals surface area contributed by atoms with Crippen molar-refractivity contribution in [2.45, 2.75) is 18.6 Å². The van der Waals surface area contributed by atoms with Gasteiger partial charge in [-0.3, -0.25) is 4.79 Å². The first-order valence-corrected chi connectivity index (χ1v) is 9.93. The predicted octanol–water partition coefficient (Wildman–Crippen LogP) is 1.28. The number of amides is 1. The number of anilines is 1. The highest BCUT2D eigenvalue weighted by molar-refractivity contribution is 5.91. The van der Waals surface area contributed by atoms with Crippen molar-refractivity contribution in [3.63, 3.8) is 0 Å².